The molecule has 5 nitrogen and oxygen atoms in total. The first-order chi connectivity index (χ1) is 10.8. The Morgan fingerprint density at radius 2 is 2.09 bits per heavy atom. The predicted molar refractivity (Wildman–Crippen MR) is 83.5 cm³/mol. The summed E-state index contributed by atoms with van der Waals surface area (Å²) < 4.78 is 1.94. The minimum Gasteiger partial charge on any atom is -0.395 e. The highest BCUT2D eigenvalue weighted by atomic mass is 16.3. The van der Waals surface area contributed by atoms with Crippen LogP contribution in [-0.4, -0.2) is 50.7 Å². The van der Waals surface area contributed by atoms with Crippen molar-refractivity contribution in [2.75, 3.05) is 19.7 Å². The van der Waals surface area contributed by atoms with Gasteiger partial charge in [0.1, 0.15) is 0 Å². The first kappa shape index (κ1) is 13.9. The fourth-order valence-corrected chi connectivity index (χ4v) is 3.99. The lowest BCUT2D eigenvalue weighted by Gasteiger charge is -2.48. The van der Waals surface area contributed by atoms with Crippen molar-refractivity contribution in [3.05, 3.63) is 47.8 Å². The quantitative estimate of drug-likeness (QED) is 0.929. The minimum absolute atomic E-state index is 0.282. The third kappa shape index (κ3) is 2.55. The van der Waals surface area contributed by atoms with Gasteiger partial charge in [0.2, 0.25) is 0 Å². The molecule has 1 N–H and O–H groups in total. The van der Waals surface area contributed by atoms with Crippen LogP contribution in [0.4, 0.5) is 0 Å². The van der Waals surface area contributed by atoms with E-state index in [1.807, 2.05) is 10.7 Å². The van der Waals surface area contributed by atoms with Gasteiger partial charge in [0.25, 0.3) is 0 Å². The molecule has 4 atom stereocenters. The van der Waals surface area contributed by atoms with Crippen molar-refractivity contribution in [2.24, 2.45) is 5.92 Å². The molecule has 0 spiro atoms. The van der Waals surface area contributed by atoms with Crippen LogP contribution in [0.3, 0.4) is 0 Å². The summed E-state index contributed by atoms with van der Waals surface area (Å²) in [5.74, 6) is 1.12. The van der Waals surface area contributed by atoms with Gasteiger partial charge >= 0.3 is 0 Å². The third-order valence-electron chi connectivity index (χ3n) is 5.21. The molecule has 3 fully saturated rings. The van der Waals surface area contributed by atoms with Crippen LogP contribution in [0.15, 0.2) is 36.5 Å². The molecule has 0 saturated carbocycles. The van der Waals surface area contributed by atoms with Crippen LogP contribution in [0.2, 0.25) is 0 Å². The Morgan fingerprint density at radius 1 is 1.23 bits per heavy atom. The number of nitrogens with zero attached hydrogens (tertiary/aromatic N) is 4. The van der Waals surface area contributed by atoms with Crippen molar-refractivity contribution in [1.82, 2.24) is 19.9 Å². The zero-order valence-electron chi connectivity index (χ0n) is 12.7. The van der Waals surface area contributed by atoms with E-state index in [0.717, 1.165) is 31.7 Å². The van der Waals surface area contributed by atoms with Crippen LogP contribution in [0.1, 0.15) is 30.0 Å². The van der Waals surface area contributed by atoms with Gasteiger partial charge < -0.3 is 5.11 Å². The molecule has 4 heterocycles. The molecule has 5 rings (SSSR count). The van der Waals surface area contributed by atoms with Gasteiger partial charge in [-0.05, 0) is 30.9 Å². The fraction of sp³-hybridized carbons (Fsp3) is 0.529. The number of piperidine rings is 3. The Balaban J connectivity index is 1.48. The van der Waals surface area contributed by atoms with E-state index in [9.17, 15) is 5.11 Å². The molecule has 3 aliphatic heterocycles. The fourth-order valence-electron chi connectivity index (χ4n) is 3.99. The largest absolute Gasteiger partial charge is 0.395 e. The summed E-state index contributed by atoms with van der Waals surface area (Å²) in [6, 6.07) is 10.7. The highest BCUT2D eigenvalue weighted by molar-refractivity contribution is 5.16. The molecule has 3 aliphatic rings. The average molecular weight is 298 g/mol. The zero-order valence-corrected chi connectivity index (χ0v) is 12.7. The van der Waals surface area contributed by atoms with Crippen molar-refractivity contribution in [2.45, 2.75) is 31.3 Å². The molecule has 5 heteroatoms. The monoisotopic (exact) mass is 298 g/mol. The Labute approximate surface area is 130 Å². The van der Waals surface area contributed by atoms with Gasteiger partial charge in [-0.1, -0.05) is 35.5 Å². The van der Waals surface area contributed by atoms with E-state index in [1.165, 1.54) is 12.0 Å². The van der Waals surface area contributed by atoms with Gasteiger partial charge in [0, 0.05) is 24.7 Å². The van der Waals surface area contributed by atoms with Crippen LogP contribution < -0.4 is 0 Å². The Kier molecular flexibility index (Phi) is 3.68. The summed E-state index contributed by atoms with van der Waals surface area (Å²) in [7, 11) is 0. The Morgan fingerprint density at radius 3 is 2.82 bits per heavy atom. The van der Waals surface area contributed by atoms with Crippen molar-refractivity contribution in [3.63, 3.8) is 0 Å². The van der Waals surface area contributed by atoms with E-state index in [1.54, 1.807) is 0 Å². The van der Waals surface area contributed by atoms with Gasteiger partial charge in [-0.15, -0.1) is 5.10 Å². The van der Waals surface area contributed by atoms with Gasteiger partial charge in [-0.2, -0.15) is 0 Å². The molecular formula is C17H22N4O. The first-order valence-electron chi connectivity index (χ1n) is 8.12. The number of hydrogen-bond donors (Lipinski definition) is 1. The maximum atomic E-state index is 9.46. The molecule has 0 amide bonds. The topological polar surface area (TPSA) is 54.2 Å². The standard InChI is InChI=1S/C17H22N4O/c22-12-15-8-14-6-7-20(15)10-16(14)17-11-21(19-18-17)9-13-4-2-1-3-5-13/h1-5,11,14-16,22H,6-10,12H2/t14-,15+,16-/m0/s1. The van der Waals surface area contributed by atoms with Crippen LogP contribution in [0.25, 0.3) is 0 Å². The summed E-state index contributed by atoms with van der Waals surface area (Å²) in [5, 5.41) is 18.2. The molecule has 2 aromatic rings. The number of aliphatic hydroxyl groups excluding tert-OH is 1. The molecule has 1 aromatic heterocycles. The molecule has 116 valence electrons. The van der Waals surface area contributed by atoms with E-state index in [4.69, 9.17) is 0 Å². The van der Waals surface area contributed by atoms with Crippen LogP contribution in [0.5, 0.6) is 0 Å². The summed E-state index contributed by atoms with van der Waals surface area (Å²) in [5.41, 5.74) is 2.36. The molecule has 0 aliphatic carbocycles. The predicted octanol–water partition coefficient (Wildman–Crippen LogP) is 1.50. The van der Waals surface area contributed by atoms with E-state index >= 15 is 0 Å². The average Bonchev–Trinajstić information content (AvgIpc) is 3.04. The zero-order chi connectivity index (χ0) is 14.9. The SMILES string of the molecule is OC[C@H]1C[C@@H]2CCN1C[C@@H]2c1cn(Cc2ccccc2)nn1. The normalized spacial score (nSPS) is 30.6. The third-order valence-corrected chi connectivity index (χ3v) is 5.21. The summed E-state index contributed by atoms with van der Waals surface area (Å²) >= 11 is 0. The summed E-state index contributed by atoms with van der Waals surface area (Å²) in [6.45, 7) is 3.18. The highest BCUT2D eigenvalue weighted by Crippen LogP contribution is 2.40. The number of fused-ring (bicyclic) bond motifs is 3. The van der Waals surface area contributed by atoms with Crippen LogP contribution in [-0.2, 0) is 6.54 Å². The molecule has 0 radical (unpaired) electrons. The van der Waals surface area contributed by atoms with E-state index < -0.39 is 0 Å². The van der Waals surface area contributed by atoms with Crippen molar-refractivity contribution in [1.29, 1.82) is 0 Å². The molecule has 3 saturated heterocycles. The minimum atomic E-state index is 0.282. The molecular weight excluding hydrogens is 276 g/mol. The molecule has 22 heavy (non-hydrogen) atoms. The maximum absolute atomic E-state index is 9.46. The number of benzene rings is 1. The molecule has 1 aromatic carbocycles. The highest BCUT2D eigenvalue weighted by Gasteiger charge is 2.41. The lowest BCUT2D eigenvalue weighted by atomic mass is 9.74. The van der Waals surface area contributed by atoms with Gasteiger partial charge in [0.05, 0.1) is 18.8 Å². The molecule has 1 unspecified atom stereocenters. The van der Waals surface area contributed by atoms with Gasteiger partial charge in [0.15, 0.2) is 0 Å². The van der Waals surface area contributed by atoms with Crippen molar-refractivity contribution < 1.29 is 5.11 Å². The first-order valence-corrected chi connectivity index (χ1v) is 8.12. The Hall–Kier alpha value is -1.72. The van der Waals surface area contributed by atoms with Crippen molar-refractivity contribution in [3.8, 4) is 0 Å². The van der Waals surface area contributed by atoms with Crippen molar-refractivity contribution >= 4 is 0 Å². The number of aromatic nitrogens is 3. The molecule has 2 bridgehead atoms. The lowest BCUT2D eigenvalue weighted by Crippen LogP contribution is -2.53. The number of aliphatic hydroxyl groups is 1. The maximum Gasteiger partial charge on any atom is 0.0873 e. The van der Waals surface area contributed by atoms with Crippen LogP contribution >= 0.6 is 0 Å². The second-order valence-corrected chi connectivity index (χ2v) is 6.55. The number of hydrogen-bond acceptors (Lipinski definition) is 4. The summed E-state index contributed by atoms with van der Waals surface area (Å²) in [6.07, 6.45) is 4.41. The van der Waals surface area contributed by atoms with Crippen LogP contribution in [0, 0.1) is 5.92 Å². The number of rotatable bonds is 4. The van der Waals surface area contributed by atoms with Gasteiger partial charge in [-0.25, -0.2) is 4.68 Å². The lowest BCUT2D eigenvalue weighted by molar-refractivity contribution is 0.00184. The van der Waals surface area contributed by atoms with E-state index in [2.05, 4.69) is 45.7 Å². The van der Waals surface area contributed by atoms with E-state index in [-0.39, 0.29) is 6.61 Å². The van der Waals surface area contributed by atoms with Gasteiger partial charge in [-0.3, -0.25) is 4.90 Å². The second-order valence-electron chi connectivity index (χ2n) is 6.55. The second kappa shape index (κ2) is 5.82. The Bertz CT molecular complexity index is 627. The van der Waals surface area contributed by atoms with E-state index in [0.29, 0.717) is 17.9 Å². The smallest absolute Gasteiger partial charge is 0.0873 e. The summed E-state index contributed by atoms with van der Waals surface area (Å²) in [4.78, 5) is 2.42.